The zero-order valence-corrected chi connectivity index (χ0v) is 13.9. The molecule has 1 N–H and O–H groups in total. The maximum absolute atomic E-state index is 13.6. The zero-order chi connectivity index (χ0) is 17.5. The van der Waals surface area contributed by atoms with Crippen molar-refractivity contribution in [1.82, 2.24) is 4.90 Å². The summed E-state index contributed by atoms with van der Waals surface area (Å²) >= 11 is 0. The van der Waals surface area contributed by atoms with Gasteiger partial charge in [0.1, 0.15) is 5.82 Å². The van der Waals surface area contributed by atoms with Gasteiger partial charge in [-0.05, 0) is 42.8 Å². The monoisotopic (exact) mass is 328 g/mol. The second-order valence-electron chi connectivity index (χ2n) is 5.59. The fourth-order valence-corrected chi connectivity index (χ4v) is 2.24. The van der Waals surface area contributed by atoms with E-state index in [1.54, 1.807) is 48.3 Å². The van der Waals surface area contributed by atoms with Crippen LogP contribution in [-0.4, -0.2) is 30.3 Å². The Bertz CT molecular complexity index is 714. The molecule has 0 spiro atoms. The highest BCUT2D eigenvalue weighted by Crippen LogP contribution is 2.15. The lowest BCUT2D eigenvalue weighted by molar-refractivity contribution is 0.0792. The molecule has 0 unspecified atom stereocenters. The minimum Gasteiger partial charge on any atom is -0.342 e. The van der Waals surface area contributed by atoms with Gasteiger partial charge in [0.2, 0.25) is 0 Å². The van der Waals surface area contributed by atoms with Crippen molar-refractivity contribution in [2.75, 3.05) is 18.9 Å². The molecule has 2 amide bonds. The minimum absolute atomic E-state index is 0.0792. The van der Waals surface area contributed by atoms with Crippen molar-refractivity contribution in [1.29, 1.82) is 0 Å². The molecule has 2 rings (SSSR count). The van der Waals surface area contributed by atoms with Crippen LogP contribution >= 0.6 is 0 Å². The Morgan fingerprint density at radius 1 is 1.04 bits per heavy atom. The summed E-state index contributed by atoms with van der Waals surface area (Å²) < 4.78 is 13.6. The SMILES string of the molecule is CCCCN(C)C(=O)c1ccc(C(=O)Nc2ccccc2F)cc1. The topological polar surface area (TPSA) is 49.4 Å². The standard InChI is InChI=1S/C19H21FN2O2/c1-3-4-13-22(2)19(24)15-11-9-14(10-12-15)18(23)21-17-8-6-5-7-16(17)20/h5-12H,3-4,13H2,1-2H3,(H,21,23). The first-order valence-electron chi connectivity index (χ1n) is 7.94. The van der Waals surface area contributed by atoms with Crippen LogP contribution in [0.3, 0.4) is 0 Å². The number of halogens is 1. The summed E-state index contributed by atoms with van der Waals surface area (Å²) in [5.41, 5.74) is 1.02. The summed E-state index contributed by atoms with van der Waals surface area (Å²) in [7, 11) is 1.76. The van der Waals surface area contributed by atoms with Crippen LogP contribution in [0.2, 0.25) is 0 Å². The number of hydrogen-bond acceptors (Lipinski definition) is 2. The van der Waals surface area contributed by atoms with Crippen molar-refractivity contribution in [2.24, 2.45) is 0 Å². The van der Waals surface area contributed by atoms with Gasteiger partial charge < -0.3 is 10.2 Å². The number of anilines is 1. The number of para-hydroxylation sites is 1. The van der Waals surface area contributed by atoms with E-state index >= 15 is 0 Å². The van der Waals surface area contributed by atoms with Crippen LogP contribution in [0.4, 0.5) is 10.1 Å². The molecule has 0 fully saturated rings. The maximum atomic E-state index is 13.6. The molecule has 0 bridgehead atoms. The van der Waals surface area contributed by atoms with Crippen molar-refractivity contribution >= 4 is 17.5 Å². The summed E-state index contributed by atoms with van der Waals surface area (Å²) in [4.78, 5) is 26.1. The third-order valence-electron chi connectivity index (χ3n) is 3.71. The Morgan fingerprint density at radius 3 is 2.29 bits per heavy atom. The van der Waals surface area contributed by atoms with E-state index in [4.69, 9.17) is 0 Å². The summed E-state index contributed by atoms with van der Waals surface area (Å²) in [5.74, 6) is -0.988. The van der Waals surface area contributed by atoms with E-state index in [0.717, 1.165) is 12.8 Å². The second kappa shape index (κ2) is 8.24. The van der Waals surface area contributed by atoms with Gasteiger partial charge in [0, 0.05) is 24.7 Å². The number of amides is 2. The number of unbranched alkanes of at least 4 members (excludes halogenated alkanes) is 1. The van der Waals surface area contributed by atoms with Crippen LogP contribution in [-0.2, 0) is 0 Å². The second-order valence-corrected chi connectivity index (χ2v) is 5.59. The van der Waals surface area contributed by atoms with Crippen LogP contribution in [0.1, 0.15) is 40.5 Å². The van der Waals surface area contributed by atoms with Crippen molar-refractivity contribution < 1.29 is 14.0 Å². The van der Waals surface area contributed by atoms with E-state index in [1.165, 1.54) is 12.1 Å². The van der Waals surface area contributed by atoms with E-state index in [1.807, 2.05) is 0 Å². The molecule has 0 radical (unpaired) electrons. The number of hydrogen-bond donors (Lipinski definition) is 1. The third kappa shape index (κ3) is 4.41. The van der Waals surface area contributed by atoms with E-state index < -0.39 is 11.7 Å². The molecule has 0 saturated carbocycles. The lowest BCUT2D eigenvalue weighted by atomic mass is 10.1. The number of carbonyl (C=O) groups excluding carboxylic acids is 2. The Balaban J connectivity index is 2.05. The van der Waals surface area contributed by atoms with E-state index in [-0.39, 0.29) is 11.6 Å². The first kappa shape index (κ1) is 17.7. The summed E-state index contributed by atoms with van der Waals surface area (Å²) in [6.07, 6.45) is 1.97. The van der Waals surface area contributed by atoms with Gasteiger partial charge in [0.15, 0.2) is 0 Å². The van der Waals surface area contributed by atoms with Gasteiger partial charge in [-0.25, -0.2) is 4.39 Å². The van der Waals surface area contributed by atoms with Gasteiger partial charge in [-0.3, -0.25) is 9.59 Å². The minimum atomic E-state index is -0.491. The van der Waals surface area contributed by atoms with Gasteiger partial charge in [-0.15, -0.1) is 0 Å². The normalized spacial score (nSPS) is 10.3. The number of nitrogens with zero attached hydrogens (tertiary/aromatic N) is 1. The van der Waals surface area contributed by atoms with Gasteiger partial charge in [-0.1, -0.05) is 25.5 Å². The molecule has 0 atom stereocenters. The number of rotatable bonds is 6. The number of carbonyl (C=O) groups is 2. The van der Waals surface area contributed by atoms with Gasteiger partial charge in [0.25, 0.3) is 11.8 Å². The molecule has 4 nitrogen and oxygen atoms in total. The fraction of sp³-hybridized carbons (Fsp3) is 0.263. The van der Waals surface area contributed by atoms with E-state index in [0.29, 0.717) is 17.7 Å². The molecular weight excluding hydrogens is 307 g/mol. The average Bonchev–Trinajstić information content (AvgIpc) is 2.61. The highest BCUT2D eigenvalue weighted by Gasteiger charge is 2.13. The zero-order valence-electron chi connectivity index (χ0n) is 13.9. The number of nitrogens with one attached hydrogen (secondary N) is 1. The Morgan fingerprint density at radius 2 is 1.67 bits per heavy atom. The molecule has 0 aliphatic carbocycles. The Labute approximate surface area is 141 Å². The lowest BCUT2D eigenvalue weighted by Gasteiger charge is -2.16. The highest BCUT2D eigenvalue weighted by atomic mass is 19.1. The van der Waals surface area contributed by atoms with Crippen molar-refractivity contribution in [3.8, 4) is 0 Å². The Kier molecular flexibility index (Phi) is 6.07. The summed E-state index contributed by atoms with van der Waals surface area (Å²) in [5, 5.41) is 2.52. The average molecular weight is 328 g/mol. The molecule has 5 heteroatoms. The van der Waals surface area contributed by atoms with E-state index in [2.05, 4.69) is 12.2 Å². The molecule has 2 aromatic rings. The van der Waals surface area contributed by atoms with Crippen LogP contribution in [0.15, 0.2) is 48.5 Å². The van der Waals surface area contributed by atoms with Crippen molar-refractivity contribution in [3.63, 3.8) is 0 Å². The van der Waals surface area contributed by atoms with Crippen LogP contribution < -0.4 is 5.32 Å². The Hall–Kier alpha value is -2.69. The first-order chi connectivity index (χ1) is 11.5. The van der Waals surface area contributed by atoms with Gasteiger partial charge in [-0.2, -0.15) is 0 Å². The maximum Gasteiger partial charge on any atom is 0.255 e. The quantitative estimate of drug-likeness (QED) is 0.873. The molecule has 126 valence electrons. The summed E-state index contributed by atoms with van der Waals surface area (Å²) in [6.45, 7) is 2.77. The first-order valence-corrected chi connectivity index (χ1v) is 7.94. The molecule has 0 aliphatic rings. The fourth-order valence-electron chi connectivity index (χ4n) is 2.24. The molecular formula is C19H21FN2O2. The smallest absolute Gasteiger partial charge is 0.255 e. The van der Waals surface area contributed by atoms with E-state index in [9.17, 15) is 14.0 Å². The molecule has 24 heavy (non-hydrogen) atoms. The van der Waals surface area contributed by atoms with Crippen LogP contribution in [0, 0.1) is 5.82 Å². The highest BCUT2D eigenvalue weighted by molar-refractivity contribution is 6.05. The van der Waals surface area contributed by atoms with Crippen molar-refractivity contribution in [2.45, 2.75) is 19.8 Å². The largest absolute Gasteiger partial charge is 0.342 e. The predicted molar refractivity (Wildman–Crippen MR) is 92.7 cm³/mol. The van der Waals surface area contributed by atoms with Gasteiger partial charge in [0.05, 0.1) is 5.69 Å². The molecule has 0 aromatic heterocycles. The predicted octanol–water partition coefficient (Wildman–Crippen LogP) is 3.95. The van der Waals surface area contributed by atoms with Crippen LogP contribution in [0.25, 0.3) is 0 Å². The molecule has 0 saturated heterocycles. The molecule has 2 aromatic carbocycles. The lowest BCUT2D eigenvalue weighted by Crippen LogP contribution is -2.27. The summed E-state index contributed by atoms with van der Waals surface area (Å²) in [6, 6.07) is 12.3. The van der Waals surface area contributed by atoms with Gasteiger partial charge >= 0.3 is 0 Å². The van der Waals surface area contributed by atoms with Crippen molar-refractivity contribution in [3.05, 3.63) is 65.5 Å². The third-order valence-corrected chi connectivity index (χ3v) is 3.71. The molecule has 0 aliphatic heterocycles. The van der Waals surface area contributed by atoms with Crippen LogP contribution in [0.5, 0.6) is 0 Å². The number of benzene rings is 2. The molecule has 0 heterocycles.